The fourth-order valence-corrected chi connectivity index (χ4v) is 3.65. The van der Waals surface area contributed by atoms with E-state index in [4.69, 9.17) is 17.0 Å². The van der Waals surface area contributed by atoms with E-state index in [1.807, 2.05) is 55.7 Å². The molecule has 0 saturated carbocycles. The number of aryl methyl sites for hydroxylation is 1. The zero-order valence-corrected chi connectivity index (χ0v) is 16.0. The Morgan fingerprint density at radius 2 is 2.04 bits per heavy atom. The van der Waals surface area contributed by atoms with Crippen molar-refractivity contribution < 1.29 is 9.53 Å². The number of esters is 1. The number of nitrogens with one attached hydrogen (secondary N) is 2. The summed E-state index contributed by atoms with van der Waals surface area (Å²) >= 11 is 6.79. The van der Waals surface area contributed by atoms with Gasteiger partial charge in [0.25, 0.3) is 0 Å². The van der Waals surface area contributed by atoms with Gasteiger partial charge in [0.15, 0.2) is 10.9 Å². The Hall–Kier alpha value is -2.71. The lowest BCUT2D eigenvalue weighted by Crippen LogP contribution is -2.20. The summed E-state index contributed by atoms with van der Waals surface area (Å²) in [6, 6.07) is 13.5. The Morgan fingerprint density at radius 3 is 2.69 bits per heavy atom. The Kier molecular flexibility index (Phi) is 5.65. The number of nitrogens with zero attached hydrogens (tertiary/aromatic N) is 2. The first-order valence-corrected chi connectivity index (χ1v) is 9.23. The minimum Gasteiger partial charge on any atom is -0.462 e. The number of carbonyl (C=O) groups excluding carboxylic acids is 1. The van der Waals surface area contributed by atoms with Gasteiger partial charge >= 0.3 is 5.97 Å². The molecule has 0 unspecified atom stereocenters. The number of anilines is 2. The maximum absolute atomic E-state index is 12.3. The number of rotatable bonds is 5. The Morgan fingerprint density at radius 1 is 1.27 bits per heavy atom. The summed E-state index contributed by atoms with van der Waals surface area (Å²) in [4.78, 5) is 13.3. The van der Waals surface area contributed by atoms with Crippen LogP contribution in [0.5, 0.6) is 0 Å². The molecule has 0 aliphatic carbocycles. The molecule has 26 heavy (non-hydrogen) atoms. The van der Waals surface area contributed by atoms with Crippen LogP contribution in [-0.2, 0) is 11.8 Å². The number of ether oxygens (including phenoxy) is 1. The highest BCUT2D eigenvalue weighted by Crippen LogP contribution is 2.36. The number of hydrogen-bond acceptors (Lipinski definition) is 5. The second-order valence-corrected chi connectivity index (χ2v) is 6.85. The summed E-state index contributed by atoms with van der Waals surface area (Å²) in [5.74, 6) is 0.247. The molecule has 0 saturated heterocycles. The van der Waals surface area contributed by atoms with E-state index in [9.17, 15) is 4.79 Å². The fraction of sp³-hybridized carbons (Fsp3) is 0.167. The standard InChI is InChI=1S/C18H18N4O2S2/c1-3-24-17(23)13-11-14(12-7-5-4-6-8-12)26-16(13)20-18(25)19-15-9-10-22(2)21-15/h4-11H,3H2,1-2H3,(H2,19,20,21,25). The minimum atomic E-state index is -0.380. The van der Waals surface area contributed by atoms with E-state index in [2.05, 4.69) is 15.7 Å². The average Bonchev–Trinajstić information content (AvgIpc) is 3.22. The molecule has 3 aromatic rings. The summed E-state index contributed by atoms with van der Waals surface area (Å²) < 4.78 is 6.84. The van der Waals surface area contributed by atoms with E-state index in [1.54, 1.807) is 11.6 Å². The average molecular weight is 387 g/mol. The zero-order valence-electron chi connectivity index (χ0n) is 14.4. The van der Waals surface area contributed by atoms with Gasteiger partial charge < -0.3 is 15.4 Å². The van der Waals surface area contributed by atoms with Crippen LogP contribution in [0.15, 0.2) is 48.7 Å². The number of thiophene rings is 1. The van der Waals surface area contributed by atoms with Crippen molar-refractivity contribution in [1.82, 2.24) is 9.78 Å². The number of carbonyl (C=O) groups is 1. The molecule has 0 radical (unpaired) electrons. The van der Waals surface area contributed by atoms with Gasteiger partial charge in [-0.3, -0.25) is 4.68 Å². The van der Waals surface area contributed by atoms with E-state index in [1.165, 1.54) is 11.3 Å². The highest BCUT2D eigenvalue weighted by molar-refractivity contribution is 7.80. The van der Waals surface area contributed by atoms with Crippen LogP contribution < -0.4 is 10.6 Å². The second-order valence-electron chi connectivity index (χ2n) is 5.39. The van der Waals surface area contributed by atoms with Crippen molar-refractivity contribution >= 4 is 45.5 Å². The SMILES string of the molecule is CCOC(=O)c1cc(-c2ccccc2)sc1NC(=S)Nc1ccn(C)n1. The van der Waals surface area contributed by atoms with Crippen molar-refractivity contribution in [1.29, 1.82) is 0 Å². The van der Waals surface area contributed by atoms with Gasteiger partial charge in [-0.2, -0.15) is 5.10 Å². The molecule has 3 rings (SSSR count). The molecule has 0 aliphatic heterocycles. The van der Waals surface area contributed by atoms with Crippen LogP contribution in [0.1, 0.15) is 17.3 Å². The summed E-state index contributed by atoms with van der Waals surface area (Å²) in [5.41, 5.74) is 1.49. The third-order valence-electron chi connectivity index (χ3n) is 3.47. The smallest absolute Gasteiger partial charge is 0.341 e. The summed E-state index contributed by atoms with van der Waals surface area (Å²) in [5, 5.41) is 11.3. The molecule has 8 heteroatoms. The zero-order chi connectivity index (χ0) is 18.5. The number of thiocarbonyl (C=S) groups is 1. The normalized spacial score (nSPS) is 10.4. The third kappa shape index (κ3) is 4.27. The molecule has 0 fully saturated rings. The van der Waals surface area contributed by atoms with E-state index in [0.29, 0.717) is 28.1 Å². The van der Waals surface area contributed by atoms with E-state index in [0.717, 1.165) is 10.4 Å². The molecular formula is C18H18N4O2S2. The van der Waals surface area contributed by atoms with E-state index in [-0.39, 0.29) is 5.97 Å². The van der Waals surface area contributed by atoms with Crippen LogP contribution in [0.3, 0.4) is 0 Å². The molecule has 0 aliphatic rings. The van der Waals surface area contributed by atoms with E-state index >= 15 is 0 Å². The molecule has 134 valence electrons. The van der Waals surface area contributed by atoms with Gasteiger partial charge in [0.1, 0.15) is 5.00 Å². The quantitative estimate of drug-likeness (QED) is 0.508. The van der Waals surface area contributed by atoms with Gasteiger partial charge in [0, 0.05) is 24.2 Å². The van der Waals surface area contributed by atoms with Crippen LogP contribution in [0.25, 0.3) is 10.4 Å². The van der Waals surface area contributed by atoms with Crippen molar-refractivity contribution in [2.24, 2.45) is 7.05 Å². The predicted octanol–water partition coefficient (Wildman–Crippen LogP) is 4.13. The first-order chi connectivity index (χ1) is 12.6. The third-order valence-corrected chi connectivity index (χ3v) is 4.77. The minimum absolute atomic E-state index is 0.311. The van der Waals surface area contributed by atoms with Crippen LogP contribution in [0.2, 0.25) is 0 Å². The molecule has 2 N–H and O–H groups in total. The maximum Gasteiger partial charge on any atom is 0.341 e. The molecule has 0 bridgehead atoms. The largest absolute Gasteiger partial charge is 0.462 e. The number of hydrogen-bond donors (Lipinski definition) is 2. The molecule has 1 aromatic carbocycles. The fourth-order valence-electron chi connectivity index (χ4n) is 2.32. The lowest BCUT2D eigenvalue weighted by molar-refractivity contribution is 0.0528. The second kappa shape index (κ2) is 8.11. The Bertz CT molecular complexity index is 918. The van der Waals surface area contributed by atoms with Gasteiger partial charge in [0.05, 0.1) is 12.2 Å². The summed E-state index contributed by atoms with van der Waals surface area (Å²) in [6.45, 7) is 2.09. The predicted molar refractivity (Wildman–Crippen MR) is 109 cm³/mol. The Balaban J connectivity index is 1.85. The van der Waals surface area contributed by atoms with Crippen LogP contribution in [-0.4, -0.2) is 27.5 Å². The first kappa shape index (κ1) is 18.1. The van der Waals surface area contributed by atoms with Crippen molar-refractivity contribution in [2.45, 2.75) is 6.92 Å². The van der Waals surface area contributed by atoms with Crippen LogP contribution in [0.4, 0.5) is 10.8 Å². The van der Waals surface area contributed by atoms with Crippen molar-refractivity contribution in [2.75, 3.05) is 17.2 Å². The van der Waals surface area contributed by atoms with Gasteiger partial charge in [-0.05, 0) is 30.8 Å². The Labute approximate surface area is 160 Å². The number of aromatic nitrogens is 2. The molecule has 6 nitrogen and oxygen atoms in total. The van der Waals surface area contributed by atoms with Gasteiger partial charge in [0.2, 0.25) is 0 Å². The van der Waals surface area contributed by atoms with Crippen molar-refractivity contribution in [3.63, 3.8) is 0 Å². The topological polar surface area (TPSA) is 68.2 Å². The van der Waals surface area contributed by atoms with E-state index < -0.39 is 0 Å². The maximum atomic E-state index is 12.3. The highest BCUT2D eigenvalue weighted by Gasteiger charge is 2.19. The molecule has 2 aromatic heterocycles. The lowest BCUT2D eigenvalue weighted by Gasteiger charge is -2.08. The molecule has 0 amide bonds. The van der Waals surface area contributed by atoms with Crippen LogP contribution >= 0.6 is 23.6 Å². The lowest BCUT2D eigenvalue weighted by atomic mass is 10.1. The highest BCUT2D eigenvalue weighted by atomic mass is 32.1. The molecule has 0 atom stereocenters. The van der Waals surface area contributed by atoms with Crippen LogP contribution in [0, 0.1) is 0 Å². The monoisotopic (exact) mass is 386 g/mol. The molecule has 0 spiro atoms. The van der Waals surface area contributed by atoms with Crippen molar-refractivity contribution in [3.05, 3.63) is 54.2 Å². The summed E-state index contributed by atoms with van der Waals surface area (Å²) in [6.07, 6.45) is 1.81. The number of benzene rings is 1. The van der Waals surface area contributed by atoms with Gasteiger partial charge in [-0.25, -0.2) is 4.79 Å². The molecular weight excluding hydrogens is 368 g/mol. The first-order valence-electron chi connectivity index (χ1n) is 8.01. The summed E-state index contributed by atoms with van der Waals surface area (Å²) in [7, 11) is 1.83. The van der Waals surface area contributed by atoms with Gasteiger partial charge in [-0.1, -0.05) is 30.3 Å². The molecule has 2 heterocycles. The van der Waals surface area contributed by atoms with Crippen molar-refractivity contribution in [3.8, 4) is 10.4 Å². The van der Waals surface area contributed by atoms with Gasteiger partial charge in [-0.15, -0.1) is 11.3 Å².